The van der Waals surface area contributed by atoms with Gasteiger partial charge < -0.3 is 11.5 Å². The zero-order valence-corrected chi connectivity index (χ0v) is 15.1. The SMILES string of the molecule is CCC(CCN)C1(c2cccc(C3CCCCC3)c2)N=C(N)NC1=O. The molecular formula is C20H30N4O. The predicted molar refractivity (Wildman–Crippen MR) is 101 cm³/mol. The smallest absolute Gasteiger partial charge is 0.259 e. The van der Waals surface area contributed by atoms with Crippen LogP contribution in [-0.4, -0.2) is 18.4 Å². The third-order valence-corrected chi connectivity index (χ3v) is 5.89. The standard InChI is InChI=1S/C20H30N4O/c1-2-16(11-12-21)20(18(25)23-19(22)24-20)17-10-6-9-15(13-17)14-7-4-3-5-8-14/h6,9-10,13-14,16H,2-5,7-8,11-12,21H2,1H3,(H3,22,23,24,25). The lowest BCUT2D eigenvalue weighted by Crippen LogP contribution is -2.44. The second-order valence-electron chi connectivity index (χ2n) is 7.36. The zero-order valence-electron chi connectivity index (χ0n) is 15.1. The first-order chi connectivity index (χ1) is 12.1. The van der Waals surface area contributed by atoms with E-state index in [0.29, 0.717) is 12.5 Å². The Kier molecular flexibility index (Phi) is 5.42. The van der Waals surface area contributed by atoms with Gasteiger partial charge in [-0.25, -0.2) is 4.99 Å². The topological polar surface area (TPSA) is 93.5 Å². The van der Waals surface area contributed by atoms with Crippen molar-refractivity contribution in [3.05, 3.63) is 35.4 Å². The minimum absolute atomic E-state index is 0.0418. The monoisotopic (exact) mass is 342 g/mol. The zero-order chi connectivity index (χ0) is 17.9. The minimum atomic E-state index is -0.942. The Hall–Kier alpha value is -1.88. The largest absolute Gasteiger partial charge is 0.370 e. The fourth-order valence-corrected chi connectivity index (χ4v) is 4.56. The lowest BCUT2D eigenvalue weighted by Gasteiger charge is -2.33. The molecule has 0 aromatic heterocycles. The number of rotatable bonds is 6. The van der Waals surface area contributed by atoms with E-state index in [1.54, 1.807) is 0 Å². The van der Waals surface area contributed by atoms with Crippen LogP contribution in [0.1, 0.15) is 68.9 Å². The summed E-state index contributed by atoms with van der Waals surface area (Å²) >= 11 is 0. The molecule has 2 unspecified atom stereocenters. The molecule has 1 aliphatic carbocycles. The summed E-state index contributed by atoms with van der Waals surface area (Å²) in [6.45, 7) is 2.62. The molecule has 25 heavy (non-hydrogen) atoms. The first kappa shape index (κ1) is 17.9. The highest BCUT2D eigenvalue weighted by molar-refractivity contribution is 6.07. The molecule has 2 atom stereocenters. The van der Waals surface area contributed by atoms with Crippen LogP contribution in [0.3, 0.4) is 0 Å². The molecule has 1 amide bonds. The summed E-state index contributed by atoms with van der Waals surface area (Å²) in [5.41, 5.74) is 13.1. The van der Waals surface area contributed by atoms with E-state index in [0.717, 1.165) is 18.4 Å². The van der Waals surface area contributed by atoms with Crippen molar-refractivity contribution in [2.75, 3.05) is 6.54 Å². The number of amides is 1. The Morgan fingerprint density at radius 3 is 2.68 bits per heavy atom. The van der Waals surface area contributed by atoms with Gasteiger partial charge in [0.25, 0.3) is 5.91 Å². The van der Waals surface area contributed by atoms with Crippen LogP contribution in [0.5, 0.6) is 0 Å². The molecule has 0 spiro atoms. The number of guanidine groups is 1. The first-order valence-corrected chi connectivity index (χ1v) is 9.59. The summed E-state index contributed by atoms with van der Waals surface area (Å²) < 4.78 is 0. The Bertz CT molecular complexity index is 651. The van der Waals surface area contributed by atoms with Gasteiger partial charge in [0, 0.05) is 0 Å². The summed E-state index contributed by atoms with van der Waals surface area (Å²) in [5.74, 6) is 0.723. The van der Waals surface area contributed by atoms with Crippen molar-refractivity contribution >= 4 is 11.9 Å². The average Bonchev–Trinajstić information content (AvgIpc) is 2.95. The van der Waals surface area contributed by atoms with Gasteiger partial charge in [-0.2, -0.15) is 0 Å². The highest BCUT2D eigenvalue weighted by atomic mass is 16.2. The van der Waals surface area contributed by atoms with E-state index >= 15 is 0 Å². The Morgan fingerprint density at radius 1 is 1.32 bits per heavy atom. The molecule has 1 aromatic carbocycles. The molecule has 5 nitrogen and oxygen atoms in total. The van der Waals surface area contributed by atoms with Gasteiger partial charge in [0.2, 0.25) is 0 Å². The van der Waals surface area contributed by atoms with Gasteiger partial charge in [0.15, 0.2) is 11.5 Å². The number of hydrogen-bond donors (Lipinski definition) is 3. The summed E-state index contributed by atoms with van der Waals surface area (Å²) in [6.07, 6.45) is 7.94. The average molecular weight is 342 g/mol. The third kappa shape index (κ3) is 3.30. The quantitative estimate of drug-likeness (QED) is 0.742. The molecule has 0 radical (unpaired) electrons. The maximum absolute atomic E-state index is 12.9. The fraction of sp³-hybridized carbons (Fsp3) is 0.600. The molecule has 1 aliphatic heterocycles. The van der Waals surface area contributed by atoms with Crippen molar-refractivity contribution in [1.29, 1.82) is 0 Å². The molecule has 136 valence electrons. The first-order valence-electron chi connectivity index (χ1n) is 9.59. The molecule has 5 heteroatoms. The maximum Gasteiger partial charge on any atom is 0.259 e. The van der Waals surface area contributed by atoms with Crippen molar-refractivity contribution in [2.45, 2.75) is 63.3 Å². The van der Waals surface area contributed by atoms with Crippen LogP contribution in [0.4, 0.5) is 0 Å². The van der Waals surface area contributed by atoms with Gasteiger partial charge in [-0.05, 0) is 48.8 Å². The second-order valence-corrected chi connectivity index (χ2v) is 7.36. The van der Waals surface area contributed by atoms with Gasteiger partial charge in [-0.15, -0.1) is 0 Å². The van der Waals surface area contributed by atoms with E-state index in [-0.39, 0.29) is 17.8 Å². The third-order valence-electron chi connectivity index (χ3n) is 5.89. The van der Waals surface area contributed by atoms with Crippen LogP contribution < -0.4 is 16.8 Å². The molecular weight excluding hydrogens is 312 g/mol. The van der Waals surface area contributed by atoms with Crippen LogP contribution in [0.25, 0.3) is 0 Å². The highest BCUT2D eigenvalue weighted by Gasteiger charge is 2.50. The van der Waals surface area contributed by atoms with E-state index in [9.17, 15) is 4.79 Å². The van der Waals surface area contributed by atoms with Crippen molar-refractivity contribution in [3.8, 4) is 0 Å². The Balaban J connectivity index is 2.03. The number of nitrogens with two attached hydrogens (primary N) is 2. The molecule has 1 aromatic rings. The number of benzene rings is 1. The van der Waals surface area contributed by atoms with Crippen molar-refractivity contribution in [1.82, 2.24) is 5.32 Å². The minimum Gasteiger partial charge on any atom is -0.370 e. The lowest BCUT2D eigenvalue weighted by molar-refractivity contribution is -0.126. The van der Waals surface area contributed by atoms with Gasteiger partial charge >= 0.3 is 0 Å². The van der Waals surface area contributed by atoms with Gasteiger partial charge in [-0.1, -0.05) is 56.9 Å². The molecule has 0 saturated heterocycles. The van der Waals surface area contributed by atoms with Gasteiger partial charge in [0.05, 0.1) is 0 Å². The van der Waals surface area contributed by atoms with E-state index in [2.05, 4.69) is 35.4 Å². The van der Waals surface area contributed by atoms with E-state index < -0.39 is 5.54 Å². The molecule has 2 aliphatic rings. The van der Waals surface area contributed by atoms with E-state index in [1.165, 1.54) is 37.7 Å². The fourth-order valence-electron chi connectivity index (χ4n) is 4.56. The van der Waals surface area contributed by atoms with Crippen LogP contribution in [0.15, 0.2) is 29.3 Å². The molecule has 1 saturated carbocycles. The summed E-state index contributed by atoms with van der Waals surface area (Å²) in [4.78, 5) is 17.5. The number of aliphatic imine (C=N–C) groups is 1. The van der Waals surface area contributed by atoms with Crippen molar-refractivity contribution < 1.29 is 4.79 Å². The number of nitrogens with one attached hydrogen (secondary N) is 1. The van der Waals surface area contributed by atoms with Crippen LogP contribution in [-0.2, 0) is 10.3 Å². The predicted octanol–water partition coefficient (Wildman–Crippen LogP) is 2.75. The Morgan fingerprint density at radius 2 is 2.08 bits per heavy atom. The highest BCUT2D eigenvalue weighted by Crippen LogP contribution is 2.42. The lowest BCUT2D eigenvalue weighted by atomic mass is 9.73. The van der Waals surface area contributed by atoms with Crippen molar-refractivity contribution in [3.63, 3.8) is 0 Å². The number of carbonyl (C=O) groups excluding carboxylic acids is 1. The molecule has 3 rings (SSSR count). The maximum atomic E-state index is 12.9. The van der Waals surface area contributed by atoms with Crippen LogP contribution in [0, 0.1) is 5.92 Å². The summed E-state index contributed by atoms with van der Waals surface area (Å²) in [7, 11) is 0. The normalized spacial score (nSPS) is 25.5. The van der Waals surface area contributed by atoms with E-state index in [4.69, 9.17) is 11.5 Å². The van der Waals surface area contributed by atoms with Crippen LogP contribution >= 0.6 is 0 Å². The second kappa shape index (κ2) is 7.56. The van der Waals surface area contributed by atoms with Crippen molar-refractivity contribution in [2.24, 2.45) is 22.4 Å². The van der Waals surface area contributed by atoms with Crippen LogP contribution in [0.2, 0.25) is 0 Å². The number of hydrogen-bond acceptors (Lipinski definition) is 4. The van der Waals surface area contributed by atoms with Gasteiger partial charge in [0.1, 0.15) is 0 Å². The number of carbonyl (C=O) groups is 1. The molecule has 1 heterocycles. The Labute approximate surface area is 150 Å². The van der Waals surface area contributed by atoms with Gasteiger partial charge in [-0.3, -0.25) is 10.1 Å². The molecule has 1 fully saturated rings. The summed E-state index contributed by atoms with van der Waals surface area (Å²) in [6, 6.07) is 8.47. The van der Waals surface area contributed by atoms with E-state index in [1.807, 2.05) is 6.07 Å². The molecule has 5 N–H and O–H groups in total. The molecule has 0 bridgehead atoms. The summed E-state index contributed by atoms with van der Waals surface area (Å²) in [5, 5.41) is 2.73. The number of nitrogens with zero attached hydrogens (tertiary/aromatic N) is 1.